The molecule has 0 aliphatic heterocycles. The lowest BCUT2D eigenvalue weighted by atomic mass is 10.1. The van der Waals surface area contributed by atoms with Crippen molar-refractivity contribution in [2.45, 2.75) is 32.4 Å². The lowest BCUT2D eigenvalue weighted by molar-refractivity contribution is 0.466. The fourth-order valence-corrected chi connectivity index (χ4v) is 2.40. The molecule has 2 aromatic rings. The van der Waals surface area contributed by atoms with Gasteiger partial charge in [0.2, 0.25) is 0 Å². The maximum atomic E-state index is 13.5. The van der Waals surface area contributed by atoms with Crippen LogP contribution in [0.2, 0.25) is 5.02 Å². The molecule has 0 radical (unpaired) electrons. The highest BCUT2D eigenvalue weighted by Gasteiger charge is 2.21. The Morgan fingerprint density at radius 1 is 1.19 bits per heavy atom. The Morgan fingerprint density at radius 2 is 1.95 bits per heavy atom. The van der Waals surface area contributed by atoms with Crippen LogP contribution in [0.25, 0.3) is 0 Å². The molecule has 2 aromatic carbocycles. The first-order chi connectivity index (χ1) is 10.1. The van der Waals surface area contributed by atoms with E-state index >= 15 is 0 Å². The van der Waals surface area contributed by atoms with Gasteiger partial charge in [-0.3, -0.25) is 0 Å². The summed E-state index contributed by atoms with van der Waals surface area (Å²) in [5.41, 5.74) is 1.78. The van der Waals surface area contributed by atoms with Crippen LogP contribution in [0, 0.1) is 12.7 Å². The molecule has 3 rings (SSSR count). The molecule has 0 heterocycles. The first kappa shape index (κ1) is 14.4. The fourth-order valence-electron chi connectivity index (χ4n) is 2.17. The van der Waals surface area contributed by atoms with Crippen LogP contribution in [-0.4, -0.2) is 6.04 Å². The van der Waals surface area contributed by atoms with E-state index in [9.17, 15) is 4.39 Å². The Hall–Kier alpha value is -1.58. The summed E-state index contributed by atoms with van der Waals surface area (Å²) >= 11 is 5.95. The molecule has 4 heteroatoms. The highest BCUT2D eigenvalue weighted by Crippen LogP contribution is 2.30. The predicted molar refractivity (Wildman–Crippen MR) is 82.5 cm³/mol. The van der Waals surface area contributed by atoms with E-state index in [-0.39, 0.29) is 5.82 Å². The number of rotatable bonds is 5. The van der Waals surface area contributed by atoms with Crippen LogP contribution in [-0.2, 0) is 6.54 Å². The van der Waals surface area contributed by atoms with E-state index in [1.807, 2.05) is 19.1 Å². The Morgan fingerprint density at radius 3 is 2.67 bits per heavy atom. The summed E-state index contributed by atoms with van der Waals surface area (Å²) in [6, 6.07) is 10.7. The number of aryl methyl sites for hydroxylation is 1. The van der Waals surface area contributed by atoms with Crippen molar-refractivity contribution in [1.82, 2.24) is 5.32 Å². The molecular weight excluding hydrogens is 289 g/mol. The first-order valence-electron chi connectivity index (χ1n) is 7.07. The largest absolute Gasteiger partial charge is 0.457 e. The molecule has 1 fully saturated rings. The van der Waals surface area contributed by atoms with Crippen LogP contribution >= 0.6 is 11.6 Å². The number of hydrogen-bond acceptors (Lipinski definition) is 2. The van der Waals surface area contributed by atoms with Crippen molar-refractivity contribution in [3.63, 3.8) is 0 Å². The molecule has 110 valence electrons. The maximum absolute atomic E-state index is 13.5. The zero-order valence-corrected chi connectivity index (χ0v) is 12.6. The quantitative estimate of drug-likeness (QED) is 0.854. The minimum absolute atomic E-state index is 0.247. The SMILES string of the molecule is Cc1cc(Cl)ccc1Oc1ccc(F)cc1CNC1CC1. The van der Waals surface area contributed by atoms with Crippen molar-refractivity contribution < 1.29 is 9.13 Å². The van der Waals surface area contributed by atoms with E-state index in [2.05, 4.69) is 5.32 Å². The lowest BCUT2D eigenvalue weighted by Crippen LogP contribution is -2.16. The van der Waals surface area contributed by atoms with Crippen LogP contribution in [0.3, 0.4) is 0 Å². The Labute approximate surface area is 128 Å². The van der Waals surface area contributed by atoms with Gasteiger partial charge in [-0.2, -0.15) is 0 Å². The molecule has 21 heavy (non-hydrogen) atoms. The molecule has 0 saturated heterocycles. The predicted octanol–water partition coefficient (Wildman–Crippen LogP) is 4.83. The summed E-state index contributed by atoms with van der Waals surface area (Å²) in [4.78, 5) is 0. The molecule has 1 saturated carbocycles. The van der Waals surface area contributed by atoms with Crippen LogP contribution in [0.4, 0.5) is 4.39 Å². The third-order valence-electron chi connectivity index (χ3n) is 3.54. The summed E-state index contributed by atoms with van der Waals surface area (Å²) in [5.74, 6) is 1.16. The highest BCUT2D eigenvalue weighted by molar-refractivity contribution is 6.30. The van der Waals surface area contributed by atoms with Crippen molar-refractivity contribution in [3.05, 3.63) is 58.4 Å². The van der Waals surface area contributed by atoms with Gasteiger partial charge in [0.15, 0.2) is 0 Å². The van der Waals surface area contributed by atoms with Gasteiger partial charge in [0.05, 0.1) is 0 Å². The number of nitrogens with one attached hydrogen (secondary N) is 1. The normalized spacial score (nSPS) is 14.2. The van der Waals surface area contributed by atoms with E-state index in [0.29, 0.717) is 23.4 Å². The third-order valence-corrected chi connectivity index (χ3v) is 3.77. The zero-order valence-electron chi connectivity index (χ0n) is 11.8. The molecule has 0 amide bonds. The Bertz CT molecular complexity index is 655. The summed E-state index contributed by atoms with van der Waals surface area (Å²) in [6.45, 7) is 2.55. The number of hydrogen-bond donors (Lipinski definition) is 1. The first-order valence-corrected chi connectivity index (χ1v) is 7.45. The molecule has 1 N–H and O–H groups in total. The molecule has 0 unspecified atom stereocenters. The van der Waals surface area contributed by atoms with Gasteiger partial charge in [0, 0.05) is 23.2 Å². The van der Waals surface area contributed by atoms with Gasteiger partial charge in [0.25, 0.3) is 0 Å². The molecule has 2 nitrogen and oxygen atoms in total. The van der Waals surface area contributed by atoms with E-state index in [0.717, 1.165) is 16.9 Å². The number of halogens is 2. The lowest BCUT2D eigenvalue weighted by Gasteiger charge is -2.14. The van der Waals surface area contributed by atoms with Crippen LogP contribution in [0.5, 0.6) is 11.5 Å². The summed E-state index contributed by atoms with van der Waals surface area (Å²) in [6.07, 6.45) is 2.39. The van der Waals surface area contributed by atoms with Gasteiger partial charge < -0.3 is 10.1 Å². The van der Waals surface area contributed by atoms with Gasteiger partial charge in [0.1, 0.15) is 17.3 Å². The molecule has 1 aliphatic carbocycles. The van der Waals surface area contributed by atoms with Gasteiger partial charge in [-0.05, 0) is 61.7 Å². The minimum atomic E-state index is -0.247. The second kappa shape index (κ2) is 6.04. The molecule has 0 spiro atoms. The van der Waals surface area contributed by atoms with E-state index in [1.54, 1.807) is 12.1 Å². The number of ether oxygens (including phenoxy) is 1. The molecule has 0 bridgehead atoms. The maximum Gasteiger partial charge on any atom is 0.132 e. The van der Waals surface area contributed by atoms with Crippen molar-refractivity contribution >= 4 is 11.6 Å². The molecule has 1 aliphatic rings. The van der Waals surface area contributed by atoms with Gasteiger partial charge in [-0.25, -0.2) is 4.39 Å². The fraction of sp³-hybridized carbons (Fsp3) is 0.294. The standard InChI is InChI=1S/C17H17ClFNO/c1-11-8-13(18)2-6-16(11)21-17-7-3-14(19)9-12(17)10-20-15-4-5-15/h2-3,6-9,15,20H,4-5,10H2,1H3. The average Bonchev–Trinajstić information content (AvgIpc) is 3.26. The molecular formula is C17H17ClFNO. The Balaban J connectivity index is 1.82. The number of benzene rings is 2. The van der Waals surface area contributed by atoms with Crippen molar-refractivity contribution in [2.24, 2.45) is 0 Å². The average molecular weight is 306 g/mol. The second-order valence-electron chi connectivity index (χ2n) is 5.42. The van der Waals surface area contributed by atoms with Crippen molar-refractivity contribution in [2.75, 3.05) is 0 Å². The minimum Gasteiger partial charge on any atom is -0.457 e. The highest BCUT2D eigenvalue weighted by atomic mass is 35.5. The summed E-state index contributed by atoms with van der Waals surface area (Å²) in [5, 5.41) is 4.06. The van der Waals surface area contributed by atoms with Crippen LogP contribution in [0.15, 0.2) is 36.4 Å². The van der Waals surface area contributed by atoms with Crippen molar-refractivity contribution in [1.29, 1.82) is 0 Å². The van der Waals surface area contributed by atoms with Crippen LogP contribution < -0.4 is 10.1 Å². The van der Waals surface area contributed by atoms with E-state index in [1.165, 1.54) is 25.0 Å². The summed E-state index contributed by atoms with van der Waals surface area (Å²) in [7, 11) is 0. The smallest absolute Gasteiger partial charge is 0.132 e. The monoisotopic (exact) mass is 305 g/mol. The third kappa shape index (κ3) is 3.74. The van der Waals surface area contributed by atoms with Crippen LogP contribution in [0.1, 0.15) is 24.0 Å². The van der Waals surface area contributed by atoms with Crippen molar-refractivity contribution in [3.8, 4) is 11.5 Å². The second-order valence-corrected chi connectivity index (χ2v) is 5.86. The topological polar surface area (TPSA) is 21.3 Å². The zero-order chi connectivity index (χ0) is 14.8. The van der Waals surface area contributed by atoms with E-state index < -0.39 is 0 Å². The summed E-state index contributed by atoms with van der Waals surface area (Å²) < 4.78 is 19.4. The van der Waals surface area contributed by atoms with E-state index in [4.69, 9.17) is 16.3 Å². The molecule has 0 atom stereocenters. The molecule has 0 aromatic heterocycles. The Kier molecular flexibility index (Phi) is 4.13. The van der Waals surface area contributed by atoms with Gasteiger partial charge >= 0.3 is 0 Å². The van der Waals surface area contributed by atoms with Gasteiger partial charge in [-0.15, -0.1) is 0 Å². The van der Waals surface area contributed by atoms with Gasteiger partial charge in [-0.1, -0.05) is 11.6 Å².